The van der Waals surface area contributed by atoms with E-state index in [1.807, 2.05) is 0 Å². The van der Waals surface area contributed by atoms with Crippen LogP contribution >= 0.6 is 0 Å². The van der Waals surface area contributed by atoms with E-state index in [-0.39, 0.29) is 0 Å². The molecule has 0 aromatic carbocycles. The van der Waals surface area contributed by atoms with Crippen LogP contribution in [-0.4, -0.2) is 0 Å². The Balaban J connectivity index is 2.08. The first-order valence-corrected chi connectivity index (χ1v) is 5.98. The molecular weight excluding hydrogens is 156 g/mol. The van der Waals surface area contributed by atoms with E-state index in [4.69, 9.17) is 0 Å². The average molecular weight is 178 g/mol. The number of rotatable bonds is 0. The van der Waals surface area contributed by atoms with Gasteiger partial charge < -0.3 is 0 Å². The third-order valence-corrected chi connectivity index (χ3v) is 3.90. The smallest absolute Gasteiger partial charge is 0.0116 e. The molecule has 1 atom stereocenters. The van der Waals surface area contributed by atoms with E-state index in [2.05, 4.69) is 19.1 Å². The number of hydrogen-bond donors (Lipinski definition) is 0. The van der Waals surface area contributed by atoms with Gasteiger partial charge >= 0.3 is 0 Å². The second kappa shape index (κ2) is 3.86. The number of hydrogen-bond acceptors (Lipinski definition) is 0. The van der Waals surface area contributed by atoms with E-state index in [0.717, 1.165) is 5.92 Å². The fraction of sp³-hybridized carbons (Fsp3) is 0.846. The summed E-state index contributed by atoms with van der Waals surface area (Å²) in [5.74, 6) is 0.952. The van der Waals surface area contributed by atoms with Gasteiger partial charge in [0.25, 0.3) is 0 Å². The molecule has 74 valence electrons. The van der Waals surface area contributed by atoms with Crippen molar-refractivity contribution in [3.8, 4) is 0 Å². The van der Waals surface area contributed by atoms with Crippen LogP contribution in [-0.2, 0) is 0 Å². The highest BCUT2D eigenvalue weighted by Crippen LogP contribution is 2.44. The van der Waals surface area contributed by atoms with Gasteiger partial charge in [0.2, 0.25) is 0 Å². The van der Waals surface area contributed by atoms with Crippen molar-refractivity contribution < 1.29 is 0 Å². The third kappa shape index (κ3) is 2.15. The molecule has 1 fully saturated rings. The highest BCUT2D eigenvalue weighted by molar-refractivity contribution is 5.04. The maximum Gasteiger partial charge on any atom is -0.0116 e. The molecule has 0 aliphatic heterocycles. The maximum absolute atomic E-state index is 2.57. The Morgan fingerprint density at radius 1 is 1.15 bits per heavy atom. The molecule has 2 aliphatic carbocycles. The molecule has 2 rings (SSSR count). The summed E-state index contributed by atoms with van der Waals surface area (Å²) in [6.45, 7) is 2.43. The summed E-state index contributed by atoms with van der Waals surface area (Å²) in [6, 6.07) is 0. The molecule has 1 saturated carbocycles. The highest BCUT2D eigenvalue weighted by atomic mass is 14.4. The minimum atomic E-state index is 0.633. The lowest BCUT2D eigenvalue weighted by Gasteiger charge is -2.35. The molecule has 0 heterocycles. The zero-order valence-electron chi connectivity index (χ0n) is 8.89. The van der Waals surface area contributed by atoms with Crippen molar-refractivity contribution in [2.45, 2.75) is 58.3 Å². The molecule has 2 aliphatic rings. The van der Waals surface area contributed by atoms with Gasteiger partial charge in [0.15, 0.2) is 0 Å². The van der Waals surface area contributed by atoms with Crippen molar-refractivity contribution in [1.82, 2.24) is 0 Å². The Morgan fingerprint density at radius 2 is 1.92 bits per heavy atom. The highest BCUT2D eigenvalue weighted by Gasteiger charge is 2.31. The van der Waals surface area contributed by atoms with Crippen LogP contribution in [0, 0.1) is 11.3 Å². The zero-order chi connectivity index (χ0) is 9.15. The summed E-state index contributed by atoms with van der Waals surface area (Å²) in [7, 11) is 0. The van der Waals surface area contributed by atoms with E-state index in [0.29, 0.717) is 5.41 Å². The lowest BCUT2D eigenvalue weighted by Crippen LogP contribution is -2.23. The summed E-state index contributed by atoms with van der Waals surface area (Å²) in [5, 5.41) is 0. The molecule has 0 aromatic rings. The van der Waals surface area contributed by atoms with E-state index >= 15 is 0 Å². The first-order valence-electron chi connectivity index (χ1n) is 5.98. The predicted molar refractivity (Wildman–Crippen MR) is 57.7 cm³/mol. The summed E-state index contributed by atoms with van der Waals surface area (Å²) < 4.78 is 0. The van der Waals surface area contributed by atoms with Gasteiger partial charge in [-0.05, 0) is 43.4 Å². The lowest BCUT2D eigenvalue weighted by molar-refractivity contribution is 0.208. The minimum Gasteiger partial charge on any atom is -0.0880 e. The van der Waals surface area contributed by atoms with Crippen LogP contribution in [0.1, 0.15) is 58.3 Å². The van der Waals surface area contributed by atoms with Gasteiger partial charge in [-0.1, -0.05) is 38.3 Å². The Bertz CT molecular complexity index is 184. The molecular formula is C13H22. The monoisotopic (exact) mass is 178 g/mol. The molecule has 0 aromatic heterocycles. The van der Waals surface area contributed by atoms with Crippen LogP contribution in [0.4, 0.5) is 0 Å². The van der Waals surface area contributed by atoms with Crippen LogP contribution in [0.3, 0.4) is 0 Å². The summed E-state index contributed by atoms with van der Waals surface area (Å²) in [4.78, 5) is 0. The lowest BCUT2D eigenvalue weighted by atomic mass is 9.69. The second-order valence-corrected chi connectivity index (χ2v) is 5.21. The molecule has 1 spiro atoms. The largest absolute Gasteiger partial charge is 0.0880 e. The fourth-order valence-electron chi connectivity index (χ4n) is 3.20. The Morgan fingerprint density at radius 3 is 2.69 bits per heavy atom. The van der Waals surface area contributed by atoms with E-state index in [1.54, 1.807) is 0 Å². The van der Waals surface area contributed by atoms with Crippen molar-refractivity contribution in [3.05, 3.63) is 12.2 Å². The van der Waals surface area contributed by atoms with Crippen molar-refractivity contribution in [3.63, 3.8) is 0 Å². The summed E-state index contributed by atoms with van der Waals surface area (Å²) >= 11 is 0. The van der Waals surface area contributed by atoms with Gasteiger partial charge in [-0.3, -0.25) is 0 Å². The molecule has 13 heavy (non-hydrogen) atoms. The molecule has 0 amide bonds. The predicted octanol–water partition coefficient (Wildman–Crippen LogP) is 4.31. The minimum absolute atomic E-state index is 0.633. The van der Waals surface area contributed by atoms with Crippen molar-refractivity contribution in [1.29, 1.82) is 0 Å². The third-order valence-electron chi connectivity index (χ3n) is 3.90. The molecule has 0 heteroatoms. The Kier molecular flexibility index (Phi) is 2.76. The summed E-state index contributed by atoms with van der Waals surface area (Å²) in [6.07, 6.45) is 16.6. The molecule has 0 radical (unpaired) electrons. The Labute approximate surface area is 82.4 Å². The normalized spacial score (nSPS) is 33.2. The van der Waals surface area contributed by atoms with Crippen molar-refractivity contribution in [2.24, 2.45) is 11.3 Å². The van der Waals surface area contributed by atoms with Gasteiger partial charge in [-0.15, -0.1) is 0 Å². The first-order chi connectivity index (χ1) is 6.31. The second-order valence-electron chi connectivity index (χ2n) is 5.21. The van der Waals surface area contributed by atoms with Crippen LogP contribution in [0.2, 0.25) is 0 Å². The van der Waals surface area contributed by atoms with Gasteiger partial charge in [0.1, 0.15) is 0 Å². The standard InChI is InChI=1S/C13H22/c1-12-7-3-6-10-13(11-12)8-4-2-5-9-13/h6,10,12H,2-5,7-9,11H2,1H3. The molecule has 0 bridgehead atoms. The Hall–Kier alpha value is -0.260. The fourth-order valence-corrected chi connectivity index (χ4v) is 3.20. The van der Waals surface area contributed by atoms with E-state index in [1.165, 1.54) is 51.4 Å². The SMILES string of the molecule is CC1CCC=CC2(CCCCC2)C1. The first kappa shape index (κ1) is 9.30. The van der Waals surface area contributed by atoms with Crippen molar-refractivity contribution in [2.75, 3.05) is 0 Å². The molecule has 1 unspecified atom stereocenters. The van der Waals surface area contributed by atoms with Crippen LogP contribution in [0.25, 0.3) is 0 Å². The van der Waals surface area contributed by atoms with Crippen LogP contribution in [0.5, 0.6) is 0 Å². The average Bonchev–Trinajstić information content (AvgIpc) is 2.29. The van der Waals surface area contributed by atoms with Gasteiger partial charge in [-0.2, -0.15) is 0 Å². The summed E-state index contributed by atoms with van der Waals surface area (Å²) in [5.41, 5.74) is 0.633. The van der Waals surface area contributed by atoms with Crippen molar-refractivity contribution >= 4 is 0 Å². The quantitative estimate of drug-likeness (QED) is 0.485. The van der Waals surface area contributed by atoms with E-state index < -0.39 is 0 Å². The zero-order valence-corrected chi connectivity index (χ0v) is 8.89. The topological polar surface area (TPSA) is 0 Å². The van der Waals surface area contributed by atoms with Gasteiger partial charge in [0.05, 0.1) is 0 Å². The maximum atomic E-state index is 2.57. The number of allylic oxidation sites excluding steroid dienone is 2. The van der Waals surface area contributed by atoms with E-state index in [9.17, 15) is 0 Å². The van der Waals surface area contributed by atoms with Crippen LogP contribution < -0.4 is 0 Å². The molecule has 0 nitrogen and oxygen atoms in total. The van der Waals surface area contributed by atoms with Gasteiger partial charge in [0, 0.05) is 0 Å². The molecule has 0 saturated heterocycles. The molecule has 0 N–H and O–H groups in total. The van der Waals surface area contributed by atoms with Gasteiger partial charge in [-0.25, -0.2) is 0 Å². The van der Waals surface area contributed by atoms with Crippen LogP contribution in [0.15, 0.2) is 12.2 Å².